The lowest BCUT2D eigenvalue weighted by Crippen LogP contribution is -2.07. The van der Waals surface area contributed by atoms with Crippen LogP contribution in [-0.2, 0) is 13.5 Å². The van der Waals surface area contributed by atoms with E-state index >= 15 is 0 Å². The van der Waals surface area contributed by atoms with Crippen molar-refractivity contribution < 1.29 is 0 Å². The third-order valence-electron chi connectivity index (χ3n) is 3.57. The maximum Gasteiger partial charge on any atom is 0.124 e. The number of aryl methyl sites for hydroxylation is 1. The smallest absolute Gasteiger partial charge is 0.124 e. The second kappa shape index (κ2) is 4.25. The normalized spacial score (nSPS) is 18.3. The quantitative estimate of drug-likeness (QED) is 0.810. The van der Waals surface area contributed by atoms with Gasteiger partial charge >= 0.3 is 0 Å². The Kier molecular flexibility index (Phi) is 2.98. The van der Waals surface area contributed by atoms with Crippen LogP contribution < -0.4 is 5.73 Å². The summed E-state index contributed by atoms with van der Waals surface area (Å²) in [6.45, 7) is 2.17. The molecule has 1 aliphatic carbocycles. The minimum atomic E-state index is 0.664. The molecule has 0 amide bonds. The van der Waals surface area contributed by atoms with Gasteiger partial charge in [-0.15, -0.1) is 0 Å². The van der Waals surface area contributed by atoms with E-state index in [1.54, 1.807) is 0 Å². The van der Waals surface area contributed by atoms with Crippen molar-refractivity contribution >= 4 is 5.82 Å². The molecule has 2 rings (SSSR count). The zero-order valence-corrected chi connectivity index (χ0v) is 9.79. The molecule has 0 aliphatic heterocycles. The molecule has 1 heterocycles. The average Bonchev–Trinajstić information content (AvgIpc) is 2.56. The minimum absolute atomic E-state index is 0.664. The Bertz CT molecular complexity index is 335. The summed E-state index contributed by atoms with van der Waals surface area (Å²) in [6.07, 6.45) is 7.69. The second-order valence-electron chi connectivity index (χ2n) is 4.56. The predicted molar refractivity (Wildman–Crippen MR) is 62.8 cm³/mol. The third kappa shape index (κ3) is 1.87. The Morgan fingerprint density at radius 1 is 1.33 bits per heavy atom. The zero-order valence-electron chi connectivity index (χ0n) is 9.79. The van der Waals surface area contributed by atoms with Crippen LogP contribution in [-0.4, -0.2) is 9.78 Å². The molecule has 1 aromatic rings. The molecular formula is C12H21N3. The molecule has 0 unspecified atom stereocenters. The van der Waals surface area contributed by atoms with E-state index in [1.807, 2.05) is 11.7 Å². The van der Waals surface area contributed by atoms with Crippen LogP contribution in [0.1, 0.15) is 56.2 Å². The van der Waals surface area contributed by atoms with Gasteiger partial charge in [0.2, 0.25) is 0 Å². The number of hydrogen-bond donors (Lipinski definition) is 1. The number of nitrogen functional groups attached to an aromatic ring is 1. The number of aromatic nitrogens is 2. The van der Waals surface area contributed by atoms with Gasteiger partial charge in [-0.3, -0.25) is 4.68 Å². The van der Waals surface area contributed by atoms with Crippen molar-refractivity contribution in [3.63, 3.8) is 0 Å². The van der Waals surface area contributed by atoms with Crippen LogP contribution >= 0.6 is 0 Å². The van der Waals surface area contributed by atoms with Crippen molar-refractivity contribution in [3.8, 4) is 0 Å². The highest BCUT2D eigenvalue weighted by molar-refractivity contribution is 5.44. The van der Waals surface area contributed by atoms with Gasteiger partial charge in [0.1, 0.15) is 5.82 Å². The Hall–Kier alpha value is -0.990. The van der Waals surface area contributed by atoms with E-state index in [2.05, 4.69) is 12.0 Å². The number of nitrogens with two attached hydrogens (primary N) is 1. The summed E-state index contributed by atoms with van der Waals surface area (Å²) in [4.78, 5) is 0. The van der Waals surface area contributed by atoms with E-state index in [4.69, 9.17) is 5.73 Å². The topological polar surface area (TPSA) is 43.8 Å². The first kappa shape index (κ1) is 10.5. The lowest BCUT2D eigenvalue weighted by molar-refractivity contribution is 0.432. The van der Waals surface area contributed by atoms with E-state index in [1.165, 1.54) is 43.4 Å². The van der Waals surface area contributed by atoms with Gasteiger partial charge in [0.05, 0.1) is 5.69 Å². The Morgan fingerprint density at radius 2 is 2.00 bits per heavy atom. The predicted octanol–water partition coefficient (Wildman–Crippen LogP) is 2.61. The number of rotatable bonds is 2. The first-order chi connectivity index (χ1) is 7.24. The van der Waals surface area contributed by atoms with Crippen LogP contribution in [0.5, 0.6) is 0 Å². The molecule has 0 spiro atoms. The van der Waals surface area contributed by atoms with E-state index in [9.17, 15) is 0 Å². The summed E-state index contributed by atoms with van der Waals surface area (Å²) in [5, 5.41) is 4.60. The number of hydrogen-bond acceptors (Lipinski definition) is 2. The maximum atomic E-state index is 6.02. The molecule has 1 aromatic heterocycles. The van der Waals surface area contributed by atoms with Crippen molar-refractivity contribution in [3.05, 3.63) is 11.3 Å². The highest BCUT2D eigenvalue weighted by Crippen LogP contribution is 2.35. The molecule has 0 bridgehead atoms. The lowest BCUT2D eigenvalue weighted by Gasteiger charge is -2.20. The van der Waals surface area contributed by atoms with Crippen LogP contribution in [0.2, 0.25) is 0 Å². The van der Waals surface area contributed by atoms with Crippen LogP contribution in [0.3, 0.4) is 0 Å². The van der Waals surface area contributed by atoms with E-state index in [0.29, 0.717) is 5.92 Å². The molecule has 2 N–H and O–H groups in total. The maximum absolute atomic E-state index is 6.02. The van der Waals surface area contributed by atoms with Gasteiger partial charge in [-0.05, 0) is 19.3 Å². The third-order valence-corrected chi connectivity index (χ3v) is 3.57. The highest BCUT2D eigenvalue weighted by Gasteiger charge is 2.22. The standard InChI is InChI=1S/C12H21N3/c1-3-10-11(14-15(2)12(10)13)9-7-5-4-6-8-9/h9H,3-8,13H2,1-2H3. The fraction of sp³-hybridized carbons (Fsp3) is 0.750. The minimum Gasteiger partial charge on any atom is -0.384 e. The van der Waals surface area contributed by atoms with E-state index in [-0.39, 0.29) is 0 Å². The fourth-order valence-corrected chi connectivity index (χ4v) is 2.67. The molecule has 0 saturated heterocycles. The molecule has 1 fully saturated rings. The highest BCUT2D eigenvalue weighted by atomic mass is 15.3. The van der Waals surface area contributed by atoms with Crippen molar-refractivity contribution in [2.75, 3.05) is 5.73 Å². The van der Waals surface area contributed by atoms with Gasteiger partial charge < -0.3 is 5.73 Å². The number of nitrogens with zero attached hydrogens (tertiary/aromatic N) is 2. The van der Waals surface area contributed by atoms with Gasteiger partial charge in [0, 0.05) is 18.5 Å². The monoisotopic (exact) mass is 207 g/mol. The Labute approximate surface area is 91.7 Å². The Morgan fingerprint density at radius 3 is 2.60 bits per heavy atom. The van der Waals surface area contributed by atoms with Gasteiger partial charge in [-0.2, -0.15) is 5.10 Å². The summed E-state index contributed by atoms with van der Waals surface area (Å²) >= 11 is 0. The average molecular weight is 207 g/mol. The van der Waals surface area contributed by atoms with Crippen molar-refractivity contribution in [2.45, 2.75) is 51.4 Å². The van der Waals surface area contributed by atoms with Crippen molar-refractivity contribution in [2.24, 2.45) is 7.05 Å². The van der Waals surface area contributed by atoms with Gasteiger partial charge in [-0.25, -0.2) is 0 Å². The first-order valence-electron chi connectivity index (χ1n) is 6.05. The summed E-state index contributed by atoms with van der Waals surface area (Å²) in [6, 6.07) is 0. The molecule has 3 nitrogen and oxygen atoms in total. The summed E-state index contributed by atoms with van der Waals surface area (Å²) in [7, 11) is 1.95. The molecule has 1 saturated carbocycles. The molecule has 0 radical (unpaired) electrons. The summed E-state index contributed by atoms with van der Waals surface area (Å²) in [5.41, 5.74) is 8.58. The molecule has 0 aromatic carbocycles. The largest absolute Gasteiger partial charge is 0.384 e. The van der Waals surface area contributed by atoms with Crippen LogP contribution in [0.15, 0.2) is 0 Å². The van der Waals surface area contributed by atoms with E-state index < -0.39 is 0 Å². The van der Waals surface area contributed by atoms with Crippen LogP contribution in [0, 0.1) is 0 Å². The SMILES string of the molecule is CCc1c(C2CCCCC2)nn(C)c1N. The molecule has 15 heavy (non-hydrogen) atoms. The summed E-state index contributed by atoms with van der Waals surface area (Å²) < 4.78 is 1.84. The fourth-order valence-electron chi connectivity index (χ4n) is 2.67. The summed E-state index contributed by atoms with van der Waals surface area (Å²) in [5.74, 6) is 1.52. The van der Waals surface area contributed by atoms with Gasteiger partial charge in [0.25, 0.3) is 0 Å². The molecule has 0 atom stereocenters. The van der Waals surface area contributed by atoms with Crippen LogP contribution in [0.4, 0.5) is 5.82 Å². The van der Waals surface area contributed by atoms with E-state index in [0.717, 1.165) is 12.2 Å². The molecule has 3 heteroatoms. The van der Waals surface area contributed by atoms with Crippen LogP contribution in [0.25, 0.3) is 0 Å². The van der Waals surface area contributed by atoms with Gasteiger partial charge in [-0.1, -0.05) is 26.2 Å². The first-order valence-corrected chi connectivity index (χ1v) is 6.05. The molecule has 1 aliphatic rings. The number of anilines is 1. The van der Waals surface area contributed by atoms with Gasteiger partial charge in [0.15, 0.2) is 0 Å². The molecule has 84 valence electrons. The van der Waals surface area contributed by atoms with Crippen molar-refractivity contribution in [1.29, 1.82) is 0 Å². The van der Waals surface area contributed by atoms with Crippen molar-refractivity contribution in [1.82, 2.24) is 9.78 Å². The second-order valence-corrected chi connectivity index (χ2v) is 4.56. The Balaban J connectivity index is 2.29. The lowest BCUT2D eigenvalue weighted by atomic mass is 9.85. The zero-order chi connectivity index (χ0) is 10.8. The molecular weight excluding hydrogens is 186 g/mol.